The van der Waals surface area contributed by atoms with Crippen molar-refractivity contribution >= 4 is 12.0 Å². The third-order valence-electron chi connectivity index (χ3n) is 4.60. The number of fused-ring (bicyclic) bond motifs is 1. The first-order valence-corrected chi connectivity index (χ1v) is 6.80. The molecular formula is C13H20N2O3. The smallest absolute Gasteiger partial charge is 0.407 e. The number of alkyl carbamates (subject to hydrolysis) is 1. The molecule has 3 unspecified atom stereocenters. The number of methoxy groups -OCH3 is 1. The molecule has 0 spiro atoms. The Morgan fingerprint density at radius 1 is 1.22 bits per heavy atom. The van der Waals surface area contributed by atoms with Gasteiger partial charge in [0.25, 0.3) is 0 Å². The van der Waals surface area contributed by atoms with Gasteiger partial charge in [-0.15, -0.1) is 0 Å². The van der Waals surface area contributed by atoms with Gasteiger partial charge in [0.1, 0.15) is 0 Å². The topological polar surface area (TPSA) is 58.6 Å². The van der Waals surface area contributed by atoms with Crippen molar-refractivity contribution in [3.8, 4) is 0 Å². The van der Waals surface area contributed by atoms with Crippen molar-refractivity contribution < 1.29 is 14.3 Å². The van der Waals surface area contributed by atoms with Crippen LogP contribution in [0.1, 0.15) is 25.7 Å². The van der Waals surface area contributed by atoms with Crippen LogP contribution in [-0.2, 0) is 9.53 Å². The molecule has 0 radical (unpaired) electrons. The molecule has 3 rings (SSSR count). The van der Waals surface area contributed by atoms with E-state index in [9.17, 15) is 9.59 Å². The van der Waals surface area contributed by atoms with Gasteiger partial charge < -0.3 is 15.0 Å². The van der Waals surface area contributed by atoms with Crippen LogP contribution in [0, 0.1) is 17.8 Å². The molecule has 5 nitrogen and oxygen atoms in total. The van der Waals surface area contributed by atoms with E-state index in [1.807, 2.05) is 4.90 Å². The van der Waals surface area contributed by atoms with Crippen LogP contribution in [0.3, 0.4) is 0 Å². The second-order valence-electron chi connectivity index (χ2n) is 5.83. The fourth-order valence-corrected chi connectivity index (χ4v) is 3.48. The van der Waals surface area contributed by atoms with Gasteiger partial charge in [0.05, 0.1) is 13.2 Å². The van der Waals surface area contributed by atoms with Crippen LogP contribution < -0.4 is 5.32 Å². The van der Waals surface area contributed by atoms with E-state index in [4.69, 9.17) is 0 Å². The molecule has 1 saturated heterocycles. The van der Waals surface area contributed by atoms with Crippen molar-refractivity contribution in [1.82, 2.24) is 10.2 Å². The van der Waals surface area contributed by atoms with E-state index in [-0.39, 0.29) is 12.0 Å². The number of amides is 2. The molecule has 1 aliphatic heterocycles. The highest BCUT2D eigenvalue weighted by Gasteiger charge is 2.49. The molecule has 0 aromatic heterocycles. The maximum Gasteiger partial charge on any atom is 0.407 e. The number of ether oxygens (including phenoxy) is 1. The van der Waals surface area contributed by atoms with E-state index in [0.29, 0.717) is 12.5 Å². The Balaban J connectivity index is 1.49. The number of carbonyl (C=O) groups is 2. The summed E-state index contributed by atoms with van der Waals surface area (Å²) in [5, 5.41) is 2.77. The lowest BCUT2D eigenvalue weighted by Crippen LogP contribution is -2.40. The zero-order chi connectivity index (χ0) is 12.7. The van der Waals surface area contributed by atoms with Gasteiger partial charge in [-0.1, -0.05) is 0 Å². The van der Waals surface area contributed by atoms with Crippen LogP contribution in [-0.4, -0.2) is 43.1 Å². The van der Waals surface area contributed by atoms with E-state index < -0.39 is 6.09 Å². The fraction of sp³-hybridized carbons (Fsp3) is 0.846. The molecule has 2 aliphatic carbocycles. The lowest BCUT2D eigenvalue weighted by Gasteiger charge is -2.21. The van der Waals surface area contributed by atoms with Gasteiger partial charge >= 0.3 is 6.09 Å². The molecule has 2 saturated carbocycles. The fourth-order valence-electron chi connectivity index (χ4n) is 3.48. The molecule has 0 aromatic carbocycles. The lowest BCUT2D eigenvalue weighted by atomic mass is 10.0. The summed E-state index contributed by atoms with van der Waals surface area (Å²) >= 11 is 0. The zero-order valence-electron chi connectivity index (χ0n) is 10.7. The molecule has 3 fully saturated rings. The molecule has 18 heavy (non-hydrogen) atoms. The second-order valence-corrected chi connectivity index (χ2v) is 5.83. The summed E-state index contributed by atoms with van der Waals surface area (Å²) in [6.45, 7) is 1.40. The van der Waals surface area contributed by atoms with Crippen molar-refractivity contribution in [3.05, 3.63) is 0 Å². The summed E-state index contributed by atoms with van der Waals surface area (Å²) in [5.41, 5.74) is 0. The zero-order valence-corrected chi connectivity index (χ0v) is 10.7. The van der Waals surface area contributed by atoms with E-state index in [2.05, 4.69) is 10.1 Å². The first kappa shape index (κ1) is 11.8. The Bertz CT molecular complexity index is 361. The Kier molecular flexibility index (Phi) is 2.92. The van der Waals surface area contributed by atoms with E-state index >= 15 is 0 Å². The number of hydrogen-bond donors (Lipinski definition) is 1. The maximum absolute atomic E-state index is 12.3. The Morgan fingerprint density at radius 2 is 1.94 bits per heavy atom. The Morgan fingerprint density at radius 3 is 2.61 bits per heavy atom. The van der Waals surface area contributed by atoms with Gasteiger partial charge in [0.2, 0.25) is 5.91 Å². The summed E-state index contributed by atoms with van der Waals surface area (Å²) < 4.78 is 4.57. The molecular weight excluding hydrogens is 232 g/mol. The molecule has 3 atom stereocenters. The van der Waals surface area contributed by atoms with Crippen LogP contribution in [0.5, 0.6) is 0 Å². The second kappa shape index (κ2) is 4.44. The Hall–Kier alpha value is -1.26. The minimum atomic E-state index is -0.406. The predicted octanol–water partition coefficient (Wildman–Crippen LogP) is 0.989. The molecule has 2 amide bonds. The molecule has 0 aromatic rings. The van der Waals surface area contributed by atoms with E-state index in [0.717, 1.165) is 37.6 Å². The van der Waals surface area contributed by atoms with Crippen LogP contribution >= 0.6 is 0 Å². The van der Waals surface area contributed by atoms with Gasteiger partial charge in [-0.3, -0.25) is 4.79 Å². The quantitative estimate of drug-likeness (QED) is 0.797. The van der Waals surface area contributed by atoms with Crippen LogP contribution in [0.2, 0.25) is 0 Å². The average molecular weight is 252 g/mol. The minimum Gasteiger partial charge on any atom is -0.453 e. The minimum absolute atomic E-state index is 0.0531. The summed E-state index contributed by atoms with van der Waals surface area (Å²) in [4.78, 5) is 25.3. The van der Waals surface area contributed by atoms with Gasteiger partial charge in [-0.05, 0) is 37.5 Å². The van der Waals surface area contributed by atoms with Crippen molar-refractivity contribution in [1.29, 1.82) is 0 Å². The highest BCUT2D eigenvalue weighted by atomic mass is 16.5. The summed E-state index contributed by atoms with van der Waals surface area (Å²) in [5.74, 6) is 2.23. The molecule has 1 heterocycles. The van der Waals surface area contributed by atoms with E-state index in [1.54, 1.807) is 0 Å². The molecule has 5 heteroatoms. The first-order chi connectivity index (χ1) is 8.67. The van der Waals surface area contributed by atoms with Crippen molar-refractivity contribution in [3.63, 3.8) is 0 Å². The Labute approximate surface area is 107 Å². The number of hydrogen-bond acceptors (Lipinski definition) is 3. The molecule has 1 N–H and O–H groups in total. The number of carbonyl (C=O) groups excluding carboxylic acids is 2. The highest BCUT2D eigenvalue weighted by Crippen LogP contribution is 2.54. The van der Waals surface area contributed by atoms with Crippen LogP contribution in [0.25, 0.3) is 0 Å². The van der Waals surface area contributed by atoms with Crippen molar-refractivity contribution in [2.75, 3.05) is 20.2 Å². The van der Waals surface area contributed by atoms with Gasteiger partial charge in [-0.2, -0.15) is 0 Å². The SMILES string of the molecule is COC(=O)NC1CCN(C(=O)C2CC3CC3C2)C1. The number of nitrogens with one attached hydrogen (secondary N) is 1. The van der Waals surface area contributed by atoms with E-state index in [1.165, 1.54) is 13.5 Å². The lowest BCUT2D eigenvalue weighted by molar-refractivity contribution is -0.134. The predicted molar refractivity (Wildman–Crippen MR) is 64.8 cm³/mol. The maximum atomic E-state index is 12.3. The molecule has 3 aliphatic rings. The first-order valence-electron chi connectivity index (χ1n) is 6.80. The summed E-state index contributed by atoms with van der Waals surface area (Å²) in [6.07, 6.45) is 3.96. The highest BCUT2D eigenvalue weighted by molar-refractivity contribution is 5.80. The van der Waals surface area contributed by atoms with Gasteiger partial charge in [-0.25, -0.2) is 4.79 Å². The third-order valence-corrected chi connectivity index (χ3v) is 4.60. The monoisotopic (exact) mass is 252 g/mol. The average Bonchev–Trinajstić information content (AvgIpc) is 2.81. The standard InChI is InChI=1S/C13H20N2O3/c1-18-13(17)14-11-2-3-15(7-11)12(16)10-5-8-4-9(8)6-10/h8-11H,2-7H2,1H3,(H,14,17). The van der Waals surface area contributed by atoms with Crippen LogP contribution in [0.15, 0.2) is 0 Å². The number of likely N-dealkylation sites (tertiary alicyclic amines) is 1. The van der Waals surface area contributed by atoms with Crippen LogP contribution in [0.4, 0.5) is 4.79 Å². The van der Waals surface area contributed by atoms with Crippen molar-refractivity contribution in [2.45, 2.75) is 31.7 Å². The van der Waals surface area contributed by atoms with Gasteiger partial charge in [0, 0.05) is 19.0 Å². The van der Waals surface area contributed by atoms with Gasteiger partial charge in [0.15, 0.2) is 0 Å². The normalized spacial score (nSPS) is 37.3. The molecule has 0 bridgehead atoms. The summed E-state index contributed by atoms with van der Waals surface area (Å²) in [6, 6.07) is 0.0531. The molecule has 100 valence electrons. The number of nitrogens with zero attached hydrogens (tertiary/aromatic N) is 1. The van der Waals surface area contributed by atoms with Crippen molar-refractivity contribution in [2.24, 2.45) is 17.8 Å². The largest absolute Gasteiger partial charge is 0.453 e. The third kappa shape index (κ3) is 2.18. The summed E-state index contributed by atoms with van der Waals surface area (Å²) in [7, 11) is 1.36. The number of rotatable bonds is 2.